The van der Waals surface area contributed by atoms with Crippen LogP contribution in [-0.2, 0) is 13.0 Å². The SMILES string of the molecule is CCNC(=NCc1ccnc2ccccc12)NCCc1ccc(Cl)nc1.I. The monoisotopic (exact) mass is 495 g/mol. The number of hydrogen-bond acceptors (Lipinski definition) is 3. The second-order valence-electron chi connectivity index (χ2n) is 5.85. The lowest BCUT2D eigenvalue weighted by molar-refractivity contribution is 0.798. The zero-order valence-corrected chi connectivity index (χ0v) is 18.2. The van der Waals surface area contributed by atoms with Gasteiger partial charge in [-0.15, -0.1) is 24.0 Å². The third kappa shape index (κ3) is 6.32. The summed E-state index contributed by atoms with van der Waals surface area (Å²) in [6, 6.07) is 14.0. The molecule has 0 fully saturated rings. The van der Waals surface area contributed by atoms with Crippen molar-refractivity contribution < 1.29 is 0 Å². The minimum Gasteiger partial charge on any atom is -0.357 e. The summed E-state index contributed by atoms with van der Waals surface area (Å²) in [6.45, 7) is 4.24. The van der Waals surface area contributed by atoms with Crippen LogP contribution >= 0.6 is 35.6 Å². The van der Waals surface area contributed by atoms with E-state index in [0.29, 0.717) is 11.7 Å². The van der Waals surface area contributed by atoms with Gasteiger partial charge in [0.1, 0.15) is 5.15 Å². The molecule has 0 bridgehead atoms. The first kappa shape index (κ1) is 21.4. The van der Waals surface area contributed by atoms with Crippen LogP contribution in [0.4, 0.5) is 0 Å². The lowest BCUT2D eigenvalue weighted by Crippen LogP contribution is -2.38. The summed E-state index contributed by atoms with van der Waals surface area (Å²) in [6.07, 6.45) is 4.49. The Morgan fingerprint density at radius 2 is 1.93 bits per heavy atom. The molecule has 0 atom stereocenters. The summed E-state index contributed by atoms with van der Waals surface area (Å²) in [5.74, 6) is 0.801. The van der Waals surface area contributed by atoms with Gasteiger partial charge in [0.15, 0.2) is 5.96 Å². The van der Waals surface area contributed by atoms with E-state index in [1.165, 1.54) is 0 Å². The number of nitrogens with one attached hydrogen (secondary N) is 2. The predicted molar refractivity (Wildman–Crippen MR) is 123 cm³/mol. The van der Waals surface area contributed by atoms with Crippen LogP contribution in [0.25, 0.3) is 10.9 Å². The van der Waals surface area contributed by atoms with E-state index in [-0.39, 0.29) is 24.0 Å². The summed E-state index contributed by atoms with van der Waals surface area (Å²) in [4.78, 5) is 13.2. The maximum atomic E-state index is 5.82. The van der Waals surface area contributed by atoms with Gasteiger partial charge >= 0.3 is 0 Å². The van der Waals surface area contributed by atoms with E-state index in [4.69, 9.17) is 16.6 Å². The van der Waals surface area contributed by atoms with Crippen molar-refractivity contribution >= 4 is 52.4 Å². The molecule has 0 spiro atoms. The number of benzene rings is 1. The minimum atomic E-state index is 0. The van der Waals surface area contributed by atoms with Gasteiger partial charge in [-0.2, -0.15) is 0 Å². The molecule has 0 saturated heterocycles. The quantitative estimate of drug-likeness (QED) is 0.233. The zero-order chi connectivity index (χ0) is 18.2. The van der Waals surface area contributed by atoms with Gasteiger partial charge in [-0.3, -0.25) is 4.98 Å². The Hall–Kier alpha value is -1.93. The number of hydrogen-bond donors (Lipinski definition) is 2. The molecular weight excluding hydrogens is 473 g/mol. The number of para-hydroxylation sites is 1. The van der Waals surface area contributed by atoms with Crippen molar-refractivity contribution in [3.05, 3.63) is 71.1 Å². The first-order chi connectivity index (χ1) is 12.8. The number of nitrogens with zero attached hydrogens (tertiary/aromatic N) is 3. The average Bonchev–Trinajstić information content (AvgIpc) is 2.67. The fraction of sp³-hybridized carbons (Fsp3) is 0.250. The predicted octanol–water partition coefficient (Wildman–Crippen LogP) is 4.20. The van der Waals surface area contributed by atoms with E-state index in [2.05, 4.69) is 33.6 Å². The van der Waals surface area contributed by atoms with Gasteiger partial charge in [0, 0.05) is 30.9 Å². The van der Waals surface area contributed by atoms with Crippen molar-refractivity contribution in [2.45, 2.75) is 19.9 Å². The molecule has 0 aliphatic heterocycles. The molecule has 3 aromatic rings. The van der Waals surface area contributed by atoms with Gasteiger partial charge in [-0.25, -0.2) is 9.98 Å². The lowest BCUT2D eigenvalue weighted by atomic mass is 10.1. The molecule has 2 aromatic heterocycles. The van der Waals surface area contributed by atoms with E-state index >= 15 is 0 Å². The summed E-state index contributed by atoms with van der Waals surface area (Å²) in [5, 5.41) is 8.30. The third-order valence-corrected chi connectivity index (χ3v) is 4.21. The lowest BCUT2D eigenvalue weighted by Gasteiger charge is -2.12. The van der Waals surface area contributed by atoms with Crippen LogP contribution < -0.4 is 10.6 Å². The molecule has 0 aliphatic carbocycles. The molecule has 5 nitrogen and oxygen atoms in total. The second-order valence-corrected chi connectivity index (χ2v) is 6.24. The molecule has 0 aliphatic rings. The number of halogens is 2. The number of guanidine groups is 1. The molecule has 2 N–H and O–H groups in total. The number of aromatic nitrogens is 2. The zero-order valence-electron chi connectivity index (χ0n) is 15.2. The Morgan fingerprint density at radius 1 is 1.07 bits per heavy atom. The molecule has 0 amide bonds. The summed E-state index contributed by atoms with van der Waals surface area (Å²) in [5.41, 5.74) is 3.29. The topological polar surface area (TPSA) is 62.2 Å². The number of fused-ring (bicyclic) bond motifs is 1. The molecule has 27 heavy (non-hydrogen) atoms. The summed E-state index contributed by atoms with van der Waals surface area (Å²) >= 11 is 5.82. The molecule has 0 radical (unpaired) electrons. The van der Waals surface area contributed by atoms with Crippen molar-refractivity contribution in [2.24, 2.45) is 4.99 Å². The van der Waals surface area contributed by atoms with Crippen molar-refractivity contribution in [3.63, 3.8) is 0 Å². The van der Waals surface area contributed by atoms with E-state index in [0.717, 1.165) is 47.5 Å². The van der Waals surface area contributed by atoms with Crippen LogP contribution in [-0.4, -0.2) is 29.0 Å². The largest absolute Gasteiger partial charge is 0.357 e. The molecule has 7 heteroatoms. The fourth-order valence-corrected chi connectivity index (χ4v) is 2.79. The minimum absolute atomic E-state index is 0. The maximum Gasteiger partial charge on any atom is 0.191 e. The van der Waals surface area contributed by atoms with Gasteiger partial charge in [0.05, 0.1) is 12.1 Å². The van der Waals surface area contributed by atoms with Crippen LogP contribution in [0, 0.1) is 0 Å². The van der Waals surface area contributed by atoms with Crippen LogP contribution in [0.5, 0.6) is 0 Å². The highest BCUT2D eigenvalue weighted by molar-refractivity contribution is 14.0. The molecule has 142 valence electrons. The Labute approximate surface area is 181 Å². The Balaban J connectivity index is 0.00000261. The third-order valence-electron chi connectivity index (χ3n) is 3.99. The molecule has 0 unspecified atom stereocenters. The van der Waals surface area contributed by atoms with Gasteiger partial charge in [0.2, 0.25) is 0 Å². The normalized spacial score (nSPS) is 11.1. The first-order valence-corrected chi connectivity index (χ1v) is 9.09. The highest BCUT2D eigenvalue weighted by Crippen LogP contribution is 2.16. The van der Waals surface area contributed by atoms with Crippen molar-refractivity contribution in [1.29, 1.82) is 0 Å². The Bertz CT molecular complexity index is 878. The van der Waals surface area contributed by atoms with Crippen LogP contribution in [0.2, 0.25) is 5.15 Å². The molecule has 2 heterocycles. The Morgan fingerprint density at radius 3 is 2.70 bits per heavy atom. The average molecular weight is 496 g/mol. The van der Waals surface area contributed by atoms with E-state index in [1.807, 2.05) is 42.6 Å². The van der Waals surface area contributed by atoms with Gasteiger partial charge in [0.25, 0.3) is 0 Å². The second kappa shape index (κ2) is 11.0. The summed E-state index contributed by atoms with van der Waals surface area (Å²) < 4.78 is 0. The van der Waals surface area contributed by atoms with Crippen molar-refractivity contribution in [1.82, 2.24) is 20.6 Å². The van der Waals surface area contributed by atoms with E-state index in [9.17, 15) is 0 Å². The van der Waals surface area contributed by atoms with Crippen LogP contribution in [0.1, 0.15) is 18.1 Å². The molecule has 3 rings (SSSR count). The van der Waals surface area contributed by atoms with Gasteiger partial charge in [-0.1, -0.05) is 35.9 Å². The molecule has 0 saturated carbocycles. The fourth-order valence-electron chi connectivity index (χ4n) is 2.68. The highest BCUT2D eigenvalue weighted by Gasteiger charge is 2.02. The van der Waals surface area contributed by atoms with Gasteiger partial charge in [-0.05, 0) is 42.7 Å². The van der Waals surface area contributed by atoms with Crippen LogP contribution in [0.15, 0.2) is 59.9 Å². The number of aliphatic imine (C=N–C) groups is 1. The number of pyridine rings is 2. The Kier molecular flexibility index (Phi) is 8.74. The first-order valence-electron chi connectivity index (χ1n) is 8.71. The van der Waals surface area contributed by atoms with Crippen molar-refractivity contribution in [2.75, 3.05) is 13.1 Å². The smallest absolute Gasteiger partial charge is 0.191 e. The summed E-state index contributed by atoms with van der Waals surface area (Å²) in [7, 11) is 0. The highest BCUT2D eigenvalue weighted by atomic mass is 127. The van der Waals surface area contributed by atoms with Crippen molar-refractivity contribution in [3.8, 4) is 0 Å². The molecule has 1 aromatic carbocycles. The van der Waals surface area contributed by atoms with Gasteiger partial charge < -0.3 is 10.6 Å². The molecular formula is C20H23ClIN5. The maximum absolute atomic E-state index is 5.82. The standard InChI is InChI=1S/C20H22ClN5.HI/c1-2-22-20(24-11-9-15-7-8-19(21)25-13-15)26-14-16-10-12-23-18-6-4-3-5-17(16)18;/h3-8,10,12-13H,2,9,11,14H2,1H3,(H2,22,24,26);1H. The van der Waals surface area contributed by atoms with Crippen LogP contribution in [0.3, 0.4) is 0 Å². The number of rotatable bonds is 6. The van der Waals surface area contributed by atoms with E-state index in [1.54, 1.807) is 6.20 Å². The van der Waals surface area contributed by atoms with E-state index < -0.39 is 0 Å².